The fourth-order valence-electron chi connectivity index (χ4n) is 3.17. The molecule has 4 aromatic rings. The predicted octanol–water partition coefficient (Wildman–Crippen LogP) is 3.94. The molecule has 2 aromatic heterocycles. The van der Waals surface area contributed by atoms with E-state index in [0.717, 1.165) is 22.6 Å². The SMILES string of the molecule is CC(C)c1n[nH]c2c(=O)[nH]c(Cc3ccccc3OCc3ccccc3)nc12. The molecule has 4 rings (SSSR count). The lowest BCUT2D eigenvalue weighted by atomic mass is 10.1. The molecule has 0 bridgehead atoms. The number of nitrogens with one attached hydrogen (secondary N) is 2. The van der Waals surface area contributed by atoms with E-state index in [1.807, 2.05) is 68.4 Å². The normalized spacial score (nSPS) is 11.2. The van der Waals surface area contributed by atoms with Crippen LogP contribution >= 0.6 is 0 Å². The number of para-hydroxylation sites is 1. The summed E-state index contributed by atoms with van der Waals surface area (Å²) in [5.41, 5.74) is 3.72. The highest BCUT2D eigenvalue weighted by Gasteiger charge is 2.15. The van der Waals surface area contributed by atoms with E-state index < -0.39 is 0 Å². The number of ether oxygens (including phenoxy) is 1. The third-order valence-electron chi connectivity index (χ3n) is 4.61. The number of aromatic nitrogens is 4. The van der Waals surface area contributed by atoms with Gasteiger partial charge in [-0.2, -0.15) is 5.10 Å². The van der Waals surface area contributed by atoms with Crippen molar-refractivity contribution in [1.29, 1.82) is 0 Å². The smallest absolute Gasteiger partial charge is 0.276 e. The largest absolute Gasteiger partial charge is 0.489 e. The van der Waals surface area contributed by atoms with Gasteiger partial charge >= 0.3 is 0 Å². The number of benzene rings is 2. The van der Waals surface area contributed by atoms with Gasteiger partial charge in [-0.3, -0.25) is 9.89 Å². The van der Waals surface area contributed by atoms with E-state index in [4.69, 9.17) is 4.74 Å². The lowest BCUT2D eigenvalue weighted by molar-refractivity contribution is 0.303. The average Bonchev–Trinajstić information content (AvgIpc) is 3.13. The minimum atomic E-state index is -0.206. The van der Waals surface area contributed by atoms with Crippen LogP contribution in [0.15, 0.2) is 59.4 Å². The van der Waals surface area contributed by atoms with E-state index in [1.54, 1.807) is 0 Å². The number of hydrogen-bond donors (Lipinski definition) is 2. The number of nitrogens with zero attached hydrogens (tertiary/aromatic N) is 2. The highest BCUT2D eigenvalue weighted by Crippen LogP contribution is 2.23. The van der Waals surface area contributed by atoms with Crippen molar-refractivity contribution in [3.8, 4) is 5.75 Å². The van der Waals surface area contributed by atoms with Gasteiger partial charge in [0.1, 0.15) is 29.2 Å². The Morgan fingerprint density at radius 2 is 1.79 bits per heavy atom. The molecule has 142 valence electrons. The molecule has 28 heavy (non-hydrogen) atoms. The molecule has 0 aliphatic rings. The zero-order valence-corrected chi connectivity index (χ0v) is 15.9. The maximum Gasteiger partial charge on any atom is 0.276 e. The zero-order valence-electron chi connectivity index (χ0n) is 15.9. The van der Waals surface area contributed by atoms with Gasteiger partial charge in [-0.15, -0.1) is 0 Å². The number of rotatable bonds is 6. The van der Waals surface area contributed by atoms with Crippen LogP contribution in [0.2, 0.25) is 0 Å². The first-order valence-corrected chi connectivity index (χ1v) is 9.33. The molecule has 0 amide bonds. The molecule has 2 aromatic carbocycles. The molecule has 0 unspecified atom stereocenters. The Hall–Kier alpha value is -3.41. The second kappa shape index (κ2) is 7.68. The summed E-state index contributed by atoms with van der Waals surface area (Å²) in [6.07, 6.45) is 0.471. The minimum absolute atomic E-state index is 0.178. The molecule has 2 heterocycles. The quantitative estimate of drug-likeness (QED) is 0.535. The molecule has 0 saturated carbocycles. The Kier molecular flexibility index (Phi) is 4.93. The molecule has 0 fully saturated rings. The molecule has 6 nitrogen and oxygen atoms in total. The van der Waals surface area contributed by atoms with Gasteiger partial charge in [0.25, 0.3) is 5.56 Å². The number of fused-ring (bicyclic) bond motifs is 1. The van der Waals surface area contributed by atoms with Gasteiger partial charge in [-0.25, -0.2) is 4.98 Å². The summed E-state index contributed by atoms with van der Waals surface area (Å²) in [5.74, 6) is 1.55. The van der Waals surface area contributed by atoms with Crippen molar-refractivity contribution in [1.82, 2.24) is 20.2 Å². The van der Waals surface area contributed by atoms with Gasteiger partial charge in [-0.05, 0) is 17.5 Å². The van der Waals surface area contributed by atoms with Crippen LogP contribution in [0.4, 0.5) is 0 Å². The molecule has 2 N–H and O–H groups in total. The van der Waals surface area contributed by atoms with Crippen molar-refractivity contribution in [2.75, 3.05) is 0 Å². The summed E-state index contributed by atoms with van der Waals surface area (Å²) in [4.78, 5) is 19.9. The van der Waals surface area contributed by atoms with Crippen molar-refractivity contribution in [3.05, 3.63) is 87.6 Å². The summed E-state index contributed by atoms with van der Waals surface area (Å²) in [7, 11) is 0. The van der Waals surface area contributed by atoms with E-state index in [9.17, 15) is 4.79 Å². The average molecular weight is 374 g/mol. The zero-order chi connectivity index (χ0) is 19.5. The summed E-state index contributed by atoms with van der Waals surface area (Å²) in [6, 6.07) is 17.8. The van der Waals surface area contributed by atoms with Crippen LogP contribution in [-0.4, -0.2) is 20.2 Å². The lowest BCUT2D eigenvalue weighted by Crippen LogP contribution is -2.13. The minimum Gasteiger partial charge on any atom is -0.489 e. The third kappa shape index (κ3) is 3.67. The van der Waals surface area contributed by atoms with Crippen LogP contribution in [0.5, 0.6) is 5.75 Å². The van der Waals surface area contributed by atoms with Crippen LogP contribution in [0.25, 0.3) is 11.0 Å². The van der Waals surface area contributed by atoms with E-state index in [2.05, 4.69) is 20.2 Å². The first kappa shape index (κ1) is 18.0. The predicted molar refractivity (Wildman–Crippen MR) is 109 cm³/mol. The number of H-pyrrole nitrogens is 2. The van der Waals surface area contributed by atoms with Gasteiger partial charge in [0.05, 0.1) is 5.69 Å². The Morgan fingerprint density at radius 3 is 2.57 bits per heavy atom. The molecular weight excluding hydrogens is 352 g/mol. The van der Waals surface area contributed by atoms with Crippen molar-refractivity contribution in [2.24, 2.45) is 0 Å². The van der Waals surface area contributed by atoms with Gasteiger partial charge in [0, 0.05) is 12.0 Å². The molecule has 0 aliphatic heterocycles. The molecule has 6 heteroatoms. The Labute approximate surface area is 162 Å². The van der Waals surface area contributed by atoms with Gasteiger partial charge in [-0.1, -0.05) is 62.4 Å². The first-order chi connectivity index (χ1) is 13.6. The highest BCUT2D eigenvalue weighted by atomic mass is 16.5. The Morgan fingerprint density at radius 1 is 1.04 bits per heavy atom. The van der Waals surface area contributed by atoms with Crippen LogP contribution in [0.3, 0.4) is 0 Å². The summed E-state index contributed by atoms with van der Waals surface area (Å²) >= 11 is 0. The summed E-state index contributed by atoms with van der Waals surface area (Å²) < 4.78 is 6.02. The topological polar surface area (TPSA) is 83.7 Å². The van der Waals surface area contributed by atoms with Crippen molar-refractivity contribution >= 4 is 11.0 Å². The monoisotopic (exact) mass is 374 g/mol. The van der Waals surface area contributed by atoms with Crippen LogP contribution in [-0.2, 0) is 13.0 Å². The Balaban J connectivity index is 1.62. The molecule has 0 atom stereocenters. The molecular formula is C22H22N4O2. The molecule has 0 radical (unpaired) electrons. The lowest BCUT2D eigenvalue weighted by Gasteiger charge is -2.11. The first-order valence-electron chi connectivity index (χ1n) is 9.33. The second-order valence-electron chi connectivity index (χ2n) is 7.06. The second-order valence-corrected chi connectivity index (χ2v) is 7.06. The summed E-state index contributed by atoms with van der Waals surface area (Å²) in [6.45, 7) is 4.55. The fraction of sp³-hybridized carbons (Fsp3) is 0.227. The van der Waals surface area contributed by atoms with Crippen LogP contribution in [0.1, 0.15) is 42.4 Å². The van der Waals surface area contributed by atoms with Crippen molar-refractivity contribution in [2.45, 2.75) is 32.8 Å². The molecule has 0 aliphatic carbocycles. The maximum absolute atomic E-state index is 12.4. The van der Waals surface area contributed by atoms with E-state index in [-0.39, 0.29) is 11.5 Å². The van der Waals surface area contributed by atoms with E-state index >= 15 is 0 Å². The summed E-state index contributed by atoms with van der Waals surface area (Å²) in [5, 5.41) is 7.05. The van der Waals surface area contributed by atoms with Gasteiger partial charge < -0.3 is 9.72 Å². The van der Waals surface area contributed by atoms with Crippen molar-refractivity contribution < 1.29 is 4.74 Å². The van der Waals surface area contributed by atoms with Crippen molar-refractivity contribution in [3.63, 3.8) is 0 Å². The van der Waals surface area contributed by atoms with Crippen LogP contribution < -0.4 is 10.3 Å². The fourth-order valence-corrected chi connectivity index (χ4v) is 3.17. The Bertz CT molecular complexity index is 1150. The maximum atomic E-state index is 12.4. The third-order valence-corrected chi connectivity index (χ3v) is 4.61. The van der Waals surface area contributed by atoms with E-state index in [1.165, 1.54) is 0 Å². The van der Waals surface area contributed by atoms with Crippen LogP contribution in [0, 0.1) is 0 Å². The van der Waals surface area contributed by atoms with E-state index in [0.29, 0.717) is 29.9 Å². The van der Waals surface area contributed by atoms with Gasteiger partial charge in [0.15, 0.2) is 0 Å². The standard InChI is InChI=1S/C22H22N4O2/c1-14(2)19-20-21(26-25-19)22(27)24-18(23-20)12-16-10-6-7-11-17(16)28-13-15-8-4-3-5-9-15/h3-11,14H,12-13H2,1-2H3,(H,25,26)(H,23,24,27). The number of hydrogen-bond acceptors (Lipinski definition) is 4. The van der Waals surface area contributed by atoms with Gasteiger partial charge in [0.2, 0.25) is 0 Å². The molecule has 0 saturated heterocycles. The number of aromatic amines is 2. The molecule has 0 spiro atoms. The highest BCUT2D eigenvalue weighted by molar-refractivity contribution is 5.76.